The molecule has 0 aliphatic carbocycles. The van der Waals surface area contributed by atoms with Gasteiger partial charge >= 0.3 is 5.97 Å². The van der Waals surface area contributed by atoms with Crippen molar-refractivity contribution >= 4 is 28.3 Å². The first-order valence-electron chi connectivity index (χ1n) is 8.58. The van der Waals surface area contributed by atoms with Gasteiger partial charge in [0.1, 0.15) is 5.75 Å². The normalized spacial score (nSPS) is 10.7. The van der Waals surface area contributed by atoms with Crippen LogP contribution in [0.15, 0.2) is 53.9 Å². The molecule has 27 heavy (non-hydrogen) atoms. The molecule has 0 aliphatic rings. The number of nitrogens with one attached hydrogen (secondary N) is 1. The third-order valence-corrected chi connectivity index (χ3v) is 4.73. The van der Waals surface area contributed by atoms with Gasteiger partial charge in [0, 0.05) is 23.4 Å². The van der Waals surface area contributed by atoms with Gasteiger partial charge < -0.3 is 4.74 Å². The van der Waals surface area contributed by atoms with E-state index in [0.29, 0.717) is 22.4 Å². The highest BCUT2D eigenvalue weighted by Crippen LogP contribution is 2.27. The molecular weight excluding hydrogens is 360 g/mol. The molecule has 5 nitrogen and oxygen atoms in total. The quantitative estimate of drug-likeness (QED) is 0.493. The van der Waals surface area contributed by atoms with Crippen LogP contribution < -0.4 is 10.1 Å². The Labute approximate surface area is 162 Å². The fourth-order valence-electron chi connectivity index (χ4n) is 2.51. The van der Waals surface area contributed by atoms with Crippen LogP contribution in [0.2, 0.25) is 0 Å². The van der Waals surface area contributed by atoms with Crippen LogP contribution in [0.1, 0.15) is 42.6 Å². The number of anilines is 1. The number of nitrogens with zero attached hydrogens (tertiary/aromatic N) is 1. The number of carbonyl (C=O) groups is 2. The fraction of sp³-hybridized carbons (Fsp3) is 0.190. The zero-order valence-corrected chi connectivity index (χ0v) is 16.2. The number of rotatable bonds is 5. The highest BCUT2D eigenvalue weighted by atomic mass is 32.1. The van der Waals surface area contributed by atoms with Crippen molar-refractivity contribution in [1.82, 2.24) is 4.98 Å². The van der Waals surface area contributed by atoms with Crippen molar-refractivity contribution in [1.29, 1.82) is 0 Å². The molecule has 138 valence electrons. The minimum atomic E-state index is -0.399. The first-order valence-corrected chi connectivity index (χ1v) is 9.46. The Morgan fingerprint density at radius 1 is 1.04 bits per heavy atom. The van der Waals surface area contributed by atoms with E-state index in [1.807, 2.05) is 17.5 Å². The van der Waals surface area contributed by atoms with E-state index in [1.165, 1.54) is 23.8 Å². The lowest BCUT2D eigenvalue weighted by molar-refractivity contribution is -0.131. The van der Waals surface area contributed by atoms with Crippen molar-refractivity contribution in [2.45, 2.75) is 26.7 Å². The second kappa shape index (κ2) is 8.14. The van der Waals surface area contributed by atoms with Crippen LogP contribution in [0.4, 0.5) is 5.13 Å². The minimum absolute atomic E-state index is 0.263. The van der Waals surface area contributed by atoms with Gasteiger partial charge in [-0.15, -0.1) is 11.3 Å². The molecule has 0 radical (unpaired) electrons. The van der Waals surface area contributed by atoms with Crippen LogP contribution in [0, 0.1) is 0 Å². The Kier molecular flexibility index (Phi) is 5.66. The van der Waals surface area contributed by atoms with Gasteiger partial charge in [-0.05, 0) is 35.7 Å². The third kappa shape index (κ3) is 4.80. The molecule has 3 rings (SSSR count). The van der Waals surface area contributed by atoms with E-state index < -0.39 is 5.97 Å². The average Bonchev–Trinajstić information content (AvgIpc) is 3.10. The summed E-state index contributed by atoms with van der Waals surface area (Å²) in [5.74, 6) is 0.223. The van der Waals surface area contributed by atoms with Gasteiger partial charge in [-0.25, -0.2) is 4.98 Å². The van der Waals surface area contributed by atoms with Gasteiger partial charge in [-0.1, -0.05) is 38.1 Å². The largest absolute Gasteiger partial charge is 0.427 e. The fourth-order valence-corrected chi connectivity index (χ4v) is 3.23. The number of thiazole rings is 1. The number of ether oxygens (including phenoxy) is 1. The van der Waals surface area contributed by atoms with Crippen LogP contribution in [0.5, 0.6) is 5.75 Å². The first-order chi connectivity index (χ1) is 12.9. The molecule has 3 aromatic rings. The summed E-state index contributed by atoms with van der Waals surface area (Å²) >= 11 is 1.38. The summed E-state index contributed by atoms with van der Waals surface area (Å²) < 4.78 is 4.96. The summed E-state index contributed by atoms with van der Waals surface area (Å²) in [6.45, 7) is 5.64. The summed E-state index contributed by atoms with van der Waals surface area (Å²) in [5.41, 5.74) is 3.58. The number of amides is 1. The van der Waals surface area contributed by atoms with Crippen molar-refractivity contribution in [3.05, 3.63) is 65.0 Å². The van der Waals surface area contributed by atoms with Gasteiger partial charge in [0.25, 0.3) is 5.91 Å². The summed E-state index contributed by atoms with van der Waals surface area (Å²) in [4.78, 5) is 27.8. The molecule has 0 fully saturated rings. The van der Waals surface area contributed by atoms with Crippen molar-refractivity contribution in [3.63, 3.8) is 0 Å². The number of hydrogen-bond acceptors (Lipinski definition) is 5. The molecule has 0 spiro atoms. The van der Waals surface area contributed by atoms with Crippen LogP contribution in [-0.2, 0) is 4.79 Å². The van der Waals surface area contributed by atoms with Crippen molar-refractivity contribution < 1.29 is 14.3 Å². The number of hydrogen-bond donors (Lipinski definition) is 1. The number of carbonyl (C=O) groups excluding carboxylic acids is 2. The molecule has 0 atom stereocenters. The van der Waals surface area contributed by atoms with Crippen molar-refractivity contribution in [2.75, 3.05) is 5.32 Å². The van der Waals surface area contributed by atoms with Crippen LogP contribution >= 0.6 is 11.3 Å². The summed E-state index contributed by atoms with van der Waals surface area (Å²) in [6, 6.07) is 14.7. The van der Waals surface area contributed by atoms with E-state index in [1.54, 1.807) is 24.3 Å². The van der Waals surface area contributed by atoms with Gasteiger partial charge in [0.05, 0.1) is 5.69 Å². The molecular formula is C21H20N2O3S. The van der Waals surface area contributed by atoms with Gasteiger partial charge in [0.15, 0.2) is 5.13 Å². The van der Waals surface area contributed by atoms with Gasteiger partial charge in [-0.3, -0.25) is 14.9 Å². The lowest BCUT2D eigenvalue weighted by atomic mass is 10.0. The standard InChI is InChI=1S/C21H20N2O3S/c1-13(2)15-4-6-16(7-5-15)19-12-27-21(22-19)23-20(25)17-8-10-18(11-9-17)26-14(3)24/h4-13H,1-3H3,(H,22,23,25). The molecule has 1 N–H and O–H groups in total. The van der Waals surface area contributed by atoms with E-state index >= 15 is 0 Å². The number of esters is 1. The monoisotopic (exact) mass is 380 g/mol. The summed E-state index contributed by atoms with van der Waals surface area (Å²) in [7, 11) is 0. The van der Waals surface area contributed by atoms with E-state index in [-0.39, 0.29) is 5.91 Å². The Morgan fingerprint density at radius 2 is 1.70 bits per heavy atom. The lowest BCUT2D eigenvalue weighted by Crippen LogP contribution is -2.11. The van der Waals surface area contributed by atoms with Crippen LogP contribution in [0.3, 0.4) is 0 Å². The maximum absolute atomic E-state index is 12.4. The predicted molar refractivity (Wildman–Crippen MR) is 107 cm³/mol. The van der Waals surface area contributed by atoms with Crippen LogP contribution in [0.25, 0.3) is 11.3 Å². The Balaban J connectivity index is 1.68. The van der Waals surface area contributed by atoms with E-state index in [2.05, 4.69) is 36.3 Å². The second-order valence-corrected chi connectivity index (χ2v) is 7.24. The summed E-state index contributed by atoms with van der Waals surface area (Å²) in [5, 5.41) is 5.25. The Morgan fingerprint density at radius 3 is 2.30 bits per heavy atom. The van der Waals surface area contributed by atoms with E-state index in [9.17, 15) is 9.59 Å². The third-order valence-electron chi connectivity index (χ3n) is 3.98. The molecule has 0 saturated carbocycles. The smallest absolute Gasteiger partial charge is 0.308 e. The van der Waals surface area contributed by atoms with E-state index in [0.717, 1.165) is 11.3 Å². The van der Waals surface area contributed by atoms with Crippen LogP contribution in [-0.4, -0.2) is 16.9 Å². The molecule has 0 aliphatic heterocycles. The lowest BCUT2D eigenvalue weighted by Gasteiger charge is -2.05. The number of benzene rings is 2. The topological polar surface area (TPSA) is 68.3 Å². The molecule has 1 heterocycles. The molecule has 0 unspecified atom stereocenters. The molecule has 6 heteroatoms. The molecule has 1 aromatic heterocycles. The minimum Gasteiger partial charge on any atom is -0.427 e. The first kappa shape index (κ1) is 18.8. The SMILES string of the molecule is CC(=O)Oc1ccc(C(=O)Nc2nc(-c3ccc(C(C)C)cc3)cs2)cc1. The summed E-state index contributed by atoms with van der Waals surface area (Å²) in [6.07, 6.45) is 0. The zero-order chi connectivity index (χ0) is 19.4. The number of aromatic nitrogens is 1. The van der Waals surface area contributed by atoms with E-state index in [4.69, 9.17) is 4.74 Å². The highest BCUT2D eigenvalue weighted by Gasteiger charge is 2.11. The van der Waals surface area contributed by atoms with Crippen molar-refractivity contribution in [2.24, 2.45) is 0 Å². The maximum Gasteiger partial charge on any atom is 0.308 e. The zero-order valence-electron chi connectivity index (χ0n) is 15.4. The second-order valence-electron chi connectivity index (χ2n) is 6.39. The molecule has 0 bridgehead atoms. The van der Waals surface area contributed by atoms with Gasteiger partial charge in [-0.2, -0.15) is 0 Å². The molecule has 1 amide bonds. The molecule has 2 aromatic carbocycles. The molecule has 0 saturated heterocycles. The van der Waals surface area contributed by atoms with Crippen molar-refractivity contribution in [3.8, 4) is 17.0 Å². The predicted octanol–water partition coefficient (Wildman–Crippen LogP) is 5.11. The maximum atomic E-state index is 12.4. The van der Waals surface area contributed by atoms with Gasteiger partial charge in [0.2, 0.25) is 0 Å². The highest BCUT2D eigenvalue weighted by molar-refractivity contribution is 7.14. The Hall–Kier alpha value is -2.99. The average molecular weight is 380 g/mol. The Bertz CT molecular complexity index is 944.